The topological polar surface area (TPSA) is 34.9 Å². The van der Waals surface area contributed by atoms with Crippen LogP contribution in [0.15, 0.2) is 42.7 Å². The first-order valence-corrected chi connectivity index (χ1v) is 7.14. The van der Waals surface area contributed by atoms with Crippen molar-refractivity contribution in [3.05, 3.63) is 64.4 Å². The molecule has 0 aliphatic rings. The average molecular weight is 299 g/mol. The van der Waals surface area contributed by atoms with Gasteiger partial charge in [0, 0.05) is 5.56 Å². The number of fused-ring (bicyclic) bond motifs is 1. The van der Waals surface area contributed by atoms with Crippen LogP contribution in [-0.4, -0.2) is 15.3 Å². The third-order valence-electron chi connectivity index (χ3n) is 3.72. The lowest BCUT2D eigenvalue weighted by Gasteiger charge is -2.07. The maximum Gasteiger partial charge on any atom is 0.184 e. The molecule has 0 amide bonds. The third kappa shape index (κ3) is 2.57. The molecule has 1 heterocycles. The summed E-state index contributed by atoms with van der Waals surface area (Å²) in [4.78, 5) is 16.8. The van der Waals surface area contributed by atoms with Gasteiger partial charge in [-0.3, -0.25) is 4.79 Å². The van der Waals surface area contributed by atoms with Gasteiger partial charge in [-0.2, -0.15) is 0 Å². The van der Waals surface area contributed by atoms with Crippen molar-refractivity contribution >= 4 is 28.4 Å². The maximum absolute atomic E-state index is 12.4. The molecule has 0 fully saturated rings. The Morgan fingerprint density at radius 1 is 1.19 bits per heavy atom. The first-order chi connectivity index (χ1) is 10.1. The zero-order valence-corrected chi connectivity index (χ0v) is 12.7. The van der Waals surface area contributed by atoms with Crippen LogP contribution in [0.25, 0.3) is 11.0 Å². The molecule has 0 aliphatic heterocycles. The Hall–Kier alpha value is -2.13. The minimum Gasteiger partial charge on any atom is -0.323 e. The van der Waals surface area contributed by atoms with Crippen molar-refractivity contribution in [3.8, 4) is 0 Å². The molecule has 3 rings (SSSR count). The predicted molar refractivity (Wildman–Crippen MR) is 85.0 cm³/mol. The van der Waals surface area contributed by atoms with Crippen molar-refractivity contribution in [1.29, 1.82) is 0 Å². The number of imidazole rings is 1. The molecular weight excluding hydrogens is 284 g/mol. The molecule has 0 saturated carbocycles. The summed E-state index contributed by atoms with van der Waals surface area (Å²) in [5, 5.41) is 0.485. The fraction of sp³-hybridized carbons (Fsp3) is 0.176. The molecule has 3 nitrogen and oxygen atoms in total. The molecule has 0 atom stereocenters. The number of Topliss-reactive ketones (excluding diaryl/α,β-unsaturated/α-hetero) is 1. The van der Waals surface area contributed by atoms with Gasteiger partial charge < -0.3 is 4.57 Å². The van der Waals surface area contributed by atoms with Crippen LogP contribution in [0.3, 0.4) is 0 Å². The maximum atomic E-state index is 12.4. The fourth-order valence-electron chi connectivity index (χ4n) is 2.37. The van der Waals surface area contributed by atoms with E-state index in [0.29, 0.717) is 10.6 Å². The van der Waals surface area contributed by atoms with E-state index < -0.39 is 0 Å². The molecule has 3 aromatic rings. The number of carbonyl (C=O) groups excluding carboxylic acids is 1. The lowest BCUT2D eigenvalue weighted by molar-refractivity contribution is 0.0973. The van der Waals surface area contributed by atoms with Gasteiger partial charge in [0.2, 0.25) is 0 Å². The zero-order chi connectivity index (χ0) is 15.0. The van der Waals surface area contributed by atoms with Crippen molar-refractivity contribution < 1.29 is 4.79 Å². The van der Waals surface area contributed by atoms with Gasteiger partial charge >= 0.3 is 0 Å². The highest BCUT2D eigenvalue weighted by atomic mass is 35.5. The second-order valence-electron chi connectivity index (χ2n) is 5.20. The molecule has 0 spiro atoms. The minimum absolute atomic E-state index is 0.0156. The number of benzene rings is 2. The van der Waals surface area contributed by atoms with Crippen molar-refractivity contribution in [3.63, 3.8) is 0 Å². The highest BCUT2D eigenvalue weighted by Crippen LogP contribution is 2.20. The number of ketones is 1. The molecule has 1 aromatic heterocycles. The average Bonchev–Trinajstić information content (AvgIpc) is 2.82. The largest absolute Gasteiger partial charge is 0.323 e. The van der Waals surface area contributed by atoms with E-state index in [2.05, 4.69) is 24.9 Å². The van der Waals surface area contributed by atoms with Gasteiger partial charge in [-0.05, 0) is 49.2 Å². The van der Waals surface area contributed by atoms with Crippen LogP contribution in [0.1, 0.15) is 21.5 Å². The lowest BCUT2D eigenvalue weighted by atomic mass is 10.1. The van der Waals surface area contributed by atoms with Gasteiger partial charge in [-0.25, -0.2) is 4.98 Å². The summed E-state index contributed by atoms with van der Waals surface area (Å²) in [5.74, 6) is -0.0156. The highest BCUT2D eigenvalue weighted by molar-refractivity contribution is 6.33. The molecule has 2 aromatic carbocycles. The van der Waals surface area contributed by atoms with E-state index in [1.807, 2.05) is 22.8 Å². The van der Waals surface area contributed by atoms with E-state index in [-0.39, 0.29) is 12.3 Å². The molecule has 0 bridgehead atoms. The van der Waals surface area contributed by atoms with Crippen molar-refractivity contribution in [2.75, 3.05) is 0 Å². The fourth-order valence-corrected chi connectivity index (χ4v) is 2.61. The summed E-state index contributed by atoms with van der Waals surface area (Å²) in [6.07, 6.45) is 1.71. The van der Waals surface area contributed by atoms with E-state index in [9.17, 15) is 4.79 Å². The smallest absolute Gasteiger partial charge is 0.184 e. The van der Waals surface area contributed by atoms with Gasteiger partial charge in [0.15, 0.2) is 5.78 Å². The molecule has 0 saturated heterocycles. The summed E-state index contributed by atoms with van der Waals surface area (Å²) in [6.45, 7) is 4.35. The second-order valence-corrected chi connectivity index (χ2v) is 5.61. The Labute approximate surface area is 128 Å². The summed E-state index contributed by atoms with van der Waals surface area (Å²) in [5.41, 5.74) is 4.81. The van der Waals surface area contributed by atoms with E-state index in [0.717, 1.165) is 11.0 Å². The minimum atomic E-state index is -0.0156. The van der Waals surface area contributed by atoms with E-state index in [1.165, 1.54) is 11.1 Å². The van der Waals surface area contributed by atoms with Crippen LogP contribution in [0, 0.1) is 13.8 Å². The van der Waals surface area contributed by atoms with Crippen LogP contribution in [0.4, 0.5) is 0 Å². The molecule has 0 unspecified atom stereocenters. The van der Waals surface area contributed by atoms with Crippen LogP contribution in [0.5, 0.6) is 0 Å². The third-order valence-corrected chi connectivity index (χ3v) is 4.05. The number of aryl methyl sites for hydroxylation is 2. The summed E-state index contributed by atoms with van der Waals surface area (Å²) in [7, 11) is 0. The van der Waals surface area contributed by atoms with Gasteiger partial charge in [0.25, 0.3) is 0 Å². The number of rotatable bonds is 3. The normalized spacial score (nSPS) is 11.0. The Balaban J connectivity index is 1.97. The number of aromatic nitrogens is 2. The van der Waals surface area contributed by atoms with E-state index in [1.54, 1.807) is 18.5 Å². The molecule has 21 heavy (non-hydrogen) atoms. The number of hydrogen-bond acceptors (Lipinski definition) is 2. The monoisotopic (exact) mass is 298 g/mol. The van der Waals surface area contributed by atoms with Crippen molar-refractivity contribution in [2.24, 2.45) is 0 Å². The van der Waals surface area contributed by atoms with Gasteiger partial charge in [-0.1, -0.05) is 23.7 Å². The Morgan fingerprint density at radius 2 is 1.90 bits per heavy atom. The van der Waals surface area contributed by atoms with Crippen molar-refractivity contribution in [2.45, 2.75) is 20.4 Å². The Bertz CT molecular complexity index is 836. The predicted octanol–water partition coefficient (Wildman–Crippen LogP) is 4.19. The first kappa shape index (κ1) is 13.8. The first-order valence-electron chi connectivity index (χ1n) is 6.76. The van der Waals surface area contributed by atoms with Gasteiger partial charge in [-0.15, -0.1) is 0 Å². The summed E-state index contributed by atoms with van der Waals surface area (Å²) < 4.78 is 1.87. The Kier molecular flexibility index (Phi) is 3.52. The molecule has 0 aliphatic carbocycles. The van der Waals surface area contributed by atoms with Crippen LogP contribution in [0.2, 0.25) is 5.02 Å². The van der Waals surface area contributed by atoms with Gasteiger partial charge in [0.1, 0.15) is 0 Å². The molecule has 0 N–H and O–H groups in total. The number of hydrogen-bond donors (Lipinski definition) is 0. The van der Waals surface area contributed by atoms with Crippen LogP contribution < -0.4 is 0 Å². The molecule has 4 heteroatoms. The number of carbonyl (C=O) groups is 1. The van der Waals surface area contributed by atoms with Crippen LogP contribution in [-0.2, 0) is 6.54 Å². The quantitative estimate of drug-likeness (QED) is 0.680. The van der Waals surface area contributed by atoms with Gasteiger partial charge in [0.05, 0.1) is 28.9 Å². The van der Waals surface area contributed by atoms with E-state index >= 15 is 0 Å². The van der Waals surface area contributed by atoms with Crippen molar-refractivity contribution in [1.82, 2.24) is 9.55 Å². The van der Waals surface area contributed by atoms with E-state index in [4.69, 9.17) is 11.6 Å². The summed E-state index contributed by atoms with van der Waals surface area (Å²) in [6, 6.07) is 11.2. The Morgan fingerprint density at radius 3 is 2.67 bits per heavy atom. The number of nitrogens with zero attached hydrogens (tertiary/aromatic N) is 2. The lowest BCUT2D eigenvalue weighted by Crippen LogP contribution is -2.10. The SMILES string of the molecule is Cc1cc2ncn(CC(=O)c3ccccc3Cl)c2cc1C. The highest BCUT2D eigenvalue weighted by Gasteiger charge is 2.12. The van der Waals surface area contributed by atoms with Crippen LogP contribution >= 0.6 is 11.6 Å². The second kappa shape index (κ2) is 5.34. The summed E-state index contributed by atoms with van der Waals surface area (Å²) >= 11 is 6.08. The zero-order valence-electron chi connectivity index (χ0n) is 11.9. The molecule has 0 radical (unpaired) electrons. The molecule has 106 valence electrons. The standard InChI is InChI=1S/C17H15ClN2O/c1-11-7-15-16(8-12(11)2)20(10-19-15)9-17(21)13-5-3-4-6-14(13)18/h3-8,10H,9H2,1-2H3. The number of halogens is 1. The molecular formula is C17H15ClN2O.